The van der Waals surface area contributed by atoms with Crippen LogP contribution in [0.2, 0.25) is 0 Å². The first-order valence-electron chi connectivity index (χ1n) is 6.69. The van der Waals surface area contributed by atoms with E-state index in [0.29, 0.717) is 13.2 Å². The van der Waals surface area contributed by atoms with Crippen molar-refractivity contribution >= 4 is 6.03 Å². The second-order valence-electron chi connectivity index (χ2n) is 5.57. The zero-order valence-corrected chi connectivity index (χ0v) is 12.6. The summed E-state index contributed by atoms with van der Waals surface area (Å²) in [6, 6.07) is 7.54. The molecule has 0 aliphatic carbocycles. The third-order valence-corrected chi connectivity index (χ3v) is 2.61. The van der Waals surface area contributed by atoms with Crippen molar-refractivity contribution in [2.75, 3.05) is 26.7 Å². The zero-order valence-electron chi connectivity index (χ0n) is 12.6. The highest BCUT2D eigenvalue weighted by Crippen LogP contribution is 2.11. The molecule has 0 spiro atoms. The normalized spacial score (nSPS) is 11.1. The summed E-state index contributed by atoms with van der Waals surface area (Å²) in [4.78, 5) is 13.2. The fraction of sp³-hybridized carbons (Fsp3) is 0.533. The Bertz CT molecular complexity index is 441. The van der Waals surface area contributed by atoms with Crippen LogP contribution in [0.5, 0.6) is 5.75 Å². The van der Waals surface area contributed by atoms with E-state index < -0.39 is 5.60 Å². The van der Waals surface area contributed by atoms with Crippen molar-refractivity contribution in [1.82, 2.24) is 10.2 Å². The number of ether oxygens (including phenoxy) is 1. The Morgan fingerprint density at radius 1 is 1.45 bits per heavy atom. The number of benzene rings is 1. The number of likely N-dealkylation sites (N-methyl/N-ethyl adjacent to an activating group) is 1. The van der Waals surface area contributed by atoms with Gasteiger partial charge in [0, 0.05) is 7.05 Å². The van der Waals surface area contributed by atoms with Crippen molar-refractivity contribution in [2.45, 2.75) is 26.4 Å². The third kappa shape index (κ3) is 6.43. The van der Waals surface area contributed by atoms with Gasteiger partial charge in [-0.1, -0.05) is 12.1 Å². The number of aliphatic hydroxyl groups is 1. The molecule has 0 aliphatic rings. The Balaban J connectivity index is 2.25. The first kappa shape index (κ1) is 16.3. The number of hydrogen-bond acceptors (Lipinski definition) is 3. The van der Waals surface area contributed by atoms with Crippen molar-refractivity contribution in [3.05, 3.63) is 29.8 Å². The molecule has 0 bridgehead atoms. The molecule has 0 radical (unpaired) electrons. The molecule has 2 N–H and O–H groups in total. The minimum atomic E-state index is -0.899. The zero-order chi connectivity index (χ0) is 15.2. The van der Waals surface area contributed by atoms with Crippen LogP contribution in [0.4, 0.5) is 4.79 Å². The Kier molecular flexibility index (Phi) is 5.82. The first-order chi connectivity index (χ1) is 9.28. The van der Waals surface area contributed by atoms with Crippen LogP contribution in [-0.2, 0) is 0 Å². The maximum absolute atomic E-state index is 11.7. The van der Waals surface area contributed by atoms with Gasteiger partial charge in [0.2, 0.25) is 0 Å². The fourth-order valence-electron chi connectivity index (χ4n) is 1.82. The van der Waals surface area contributed by atoms with E-state index in [1.807, 2.05) is 31.2 Å². The molecule has 0 aromatic heterocycles. The molecule has 1 aromatic rings. The van der Waals surface area contributed by atoms with Crippen LogP contribution < -0.4 is 10.1 Å². The Morgan fingerprint density at radius 3 is 2.75 bits per heavy atom. The van der Waals surface area contributed by atoms with E-state index in [-0.39, 0.29) is 12.6 Å². The topological polar surface area (TPSA) is 61.8 Å². The molecule has 0 saturated heterocycles. The summed E-state index contributed by atoms with van der Waals surface area (Å²) in [6.07, 6.45) is 0. The van der Waals surface area contributed by atoms with Crippen LogP contribution in [0.3, 0.4) is 0 Å². The van der Waals surface area contributed by atoms with Crippen LogP contribution in [-0.4, -0.2) is 48.4 Å². The van der Waals surface area contributed by atoms with E-state index in [4.69, 9.17) is 4.74 Å². The van der Waals surface area contributed by atoms with Crippen LogP contribution in [0, 0.1) is 6.92 Å². The van der Waals surface area contributed by atoms with Gasteiger partial charge in [-0.3, -0.25) is 0 Å². The molecule has 0 saturated carbocycles. The third-order valence-electron chi connectivity index (χ3n) is 2.61. The van der Waals surface area contributed by atoms with Gasteiger partial charge in [0.25, 0.3) is 0 Å². The summed E-state index contributed by atoms with van der Waals surface area (Å²) in [5.74, 6) is 0.795. The van der Waals surface area contributed by atoms with E-state index in [1.54, 1.807) is 20.9 Å². The largest absolute Gasteiger partial charge is 0.492 e. The molecule has 5 nitrogen and oxygen atoms in total. The smallest absolute Gasteiger partial charge is 0.317 e. The van der Waals surface area contributed by atoms with E-state index in [2.05, 4.69) is 5.32 Å². The molecule has 20 heavy (non-hydrogen) atoms. The summed E-state index contributed by atoms with van der Waals surface area (Å²) < 4.78 is 5.54. The lowest BCUT2D eigenvalue weighted by Crippen LogP contribution is -2.45. The quantitative estimate of drug-likeness (QED) is 0.781. The Morgan fingerprint density at radius 2 is 2.15 bits per heavy atom. The van der Waals surface area contributed by atoms with Crippen molar-refractivity contribution in [3.63, 3.8) is 0 Å². The fourth-order valence-corrected chi connectivity index (χ4v) is 1.82. The number of carbonyl (C=O) groups excluding carboxylic acids is 1. The van der Waals surface area contributed by atoms with Gasteiger partial charge in [-0.2, -0.15) is 0 Å². The molecule has 0 heterocycles. The summed E-state index contributed by atoms with van der Waals surface area (Å²) in [5, 5.41) is 12.4. The van der Waals surface area contributed by atoms with E-state index in [9.17, 15) is 9.90 Å². The van der Waals surface area contributed by atoms with Gasteiger partial charge in [0.1, 0.15) is 12.4 Å². The lowest BCUT2D eigenvalue weighted by Gasteiger charge is -2.25. The lowest BCUT2D eigenvalue weighted by molar-refractivity contribution is 0.0531. The molecule has 1 aromatic carbocycles. The summed E-state index contributed by atoms with van der Waals surface area (Å²) in [6.45, 7) is 6.43. The molecular weight excluding hydrogens is 256 g/mol. The van der Waals surface area contributed by atoms with Gasteiger partial charge in [0.15, 0.2) is 0 Å². The number of carbonyl (C=O) groups is 1. The molecule has 2 amide bonds. The van der Waals surface area contributed by atoms with Gasteiger partial charge in [0.05, 0.1) is 18.7 Å². The minimum Gasteiger partial charge on any atom is -0.492 e. The maximum atomic E-state index is 11.7. The highest BCUT2D eigenvalue weighted by atomic mass is 16.5. The monoisotopic (exact) mass is 280 g/mol. The van der Waals surface area contributed by atoms with E-state index in [1.165, 1.54) is 4.90 Å². The van der Waals surface area contributed by atoms with Gasteiger partial charge in [-0.05, 0) is 38.5 Å². The van der Waals surface area contributed by atoms with Crippen LogP contribution >= 0.6 is 0 Å². The van der Waals surface area contributed by atoms with Crippen molar-refractivity contribution in [1.29, 1.82) is 0 Å². The van der Waals surface area contributed by atoms with Crippen molar-refractivity contribution in [3.8, 4) is 5.75 Å². The molecular formula is C15H24N2O3. The highest BCUT2D eigenvalue weighted by molar-refractivity contribution is 5.73. The minimum absolute atomic E-state index is 0.222. The SMILES string of the molecule is Cc1cccc(OCCNC(=O)N(C)CC(C)(C)O)c1. The number of amides is 2. The van der Waals surface area contributed by atoms with Gasteiger partial charge in [-0.15, -0.1) is 0 Å². The first-order valence-corrected chi connectivity index (χ1v) is 6.69. The number of hydrogen-bond donors (Lipinski definition) is 2. The molecule has 0 unspecified atom stereocenters. The van der Waals surface area contributed by atoms with Crippen LogP contribution in [0.15, 0.2) is 24.3 Å². The summed E-state index contributed by atoms with van der Waals surface area (Å²) in [5.41, 5.74) is 0.237. The van der Waals surface area contributed by atoms with Gasteiger partial charge >= 0.3 is 6.03 Å². The number of aryl methyl sites for hydroxylation is 1. The van der Waals surface area contributed by atoms with E-state index in [0.717, 1.165) is 11.3 Å². The molecule has 0 atom stereocenters. The molecule has 0 aliphatic heterocycles. The van der Waals surface area contributed by atoms with Crippen LogP contribution in [0.25, 0.3) is 0 Å². The number of rotatable bonds is 6. The summed E-state index contributed by atoms with van der Waals surface area (Å²) in [7, 11) is 1.65. The summed E-state index contributed by atoms with van der Waals surface area (Å²) >= 11 is 0. The van der Waals surface area contributed by atoms with Gasteiger partial charge in [-0.25, -0.2) is 4.79 Å². The molecule has 5 heteroatoms. The predicted molar refractivity (Wildman–Crippen MR) is 79.0 cm³/mol. The van der Waals surface area contributed by atoms with Crippen molar-refractivity contribution < 1.29 is 14.6 Å². The number of urea groups is 1. The second kappa shape index (κ2) is 7.14. The van der Waals surface area contributed by atoms with Crippen LogP contribution in [0.1, 0.15) is 19.4 Å². The Labute approximate surface area is 120 Å². The number of nitrogens with zero attached hydrogens (tertiary/aromatic N) is 1. The molecule has 0 fully saturated rings. The highest BCUT2D eigenvalue weighted by Gasteiger charge is 2.18. The standard InChI is InChI=1S/C15H24N2O3/c1-12-6-5-7-13(10-12)20-9-8-16-14(18)17(4)11-15(2,3)19/h5-7,10,19H,8-9,11H2,1-4H3,(H,16,18). The average Bonchev–Trinajstić information content (AvgIpc) is 2.32. The van der Waals surface area contributed by atoms with Crippen molar-refractivity contribution in [2.24, 2.45) is 0 Å². The predicted octanol–water partition coefficient (Wildman–Crippen LogP) is 1.79. The van der Waals surface area contributed by atoms with Gasteiger partial charge < -0.3 is 20.1 Å². The lowest BCUT2D eigenvalue weighted by atomic mass is 10.1. The van der Waals surface area contributed by atoms with E-state index >= 15 is 0 Å². The molecule has 112 valence electrons. The Hall–Kier alpha value is -1.75. The number of nitrogens with one attached hydrogen (secondary N) is 1. The molecule has 1 rings (SSSR count). The second-order valence-corrected chi connectivity index (χ2v) is 5.57. The maximum Gasteiger partial charge on any atom is 0.317 e. The average molecular weight is 280 g/mol.